The van der Waals surface area contributed by atoms with Gasteiger partial charge in [0.15, 0.2) is 0 Å². The maximum absolute atomic E-state index is 13.0. The number of benzene rings is 1. The Bertz CT molecular complexity index is 531. The molecule has 1 aromatic rings. The third kappa shape index (κ3) is 3.15. The molecule has 120 valence electrons. The van der Waals surface area contributed by atoms with E-state index in [9.17, 15) is 9.18 Å². The molecule has 2 heterocycles. The molecule has 1 aromatic carbocycles. The van der Waals surface area contributed by atoms with Crippen molar-refractivity contribution in [3.63, 3.8) is 0 Å². The fraction of sp³-hybridized carbons (Fsp3) is 0.588. The SMILES string of the molecule is CN(C)C(=O)CN1CC[C@@H]2[C@@H]1CCN2Cc1ccc(F)cc1. The molecule has 0 aromatic heterocycles. The number of hydrogen-bond acceptors (Lipinski definition) is 3. The maximum Gasteiger partial charge on any atom is 0.236 e. The van der Waals surface area contributed by atoms with Crippen LogP contribution in [0.2, 0.25) is 0 Å². The molecule has 2 aliphatic heterocycles. The molecule has 2 atom stereocenters. The molecule has 2 saturated heterocycles. The highest BCUT2D eigenvalue weighted by molar-refractivity contribution is 5.77. The molecule has 0 aliphatic carbocycles. The quantitative estimate of drug-likeness (QED) is 0.845. The lowest BCUT2D eigenvalue weighted by atomic mass is 10.1. The Morgan fingerprint density at radius 3 is 2.36 bits per heavy atom. The highest BCUT2D eigenvalue weighted by Crippen LogP contribution is 2.32. The van der Waals surface area contributed by atoms with E-state index >= 15 is 0 Å². The Hall–Kier alpha value is -1.46. The molecule has 1 amide bonds. The van der Waals surface area contributed by atoms with Crippen molar-refractivity contribution in [3.8, 4) is 0 Å². The van der Waals surface area contributed by atoms with E-state index in [2.05, 4.69) is 9.80 Å². The van der Waals surface area contributed by atoms with Crippen LogP contribution in [0.15, 0.2) is 24.3 Å². The normalized spacial score (nSPS) is 25.4. The molecule has 0 unspecified atom stereocenters. The Balaban J connectivity index is 1.60. The number of rotatable bonds is 4. The minimum atomic E-state index is -0.183. The summed E-state index contributed by atoms with van der Waals surface area (Å²) in [5.41, 5.74) is 1.16. The molecule has 4 nitrogen and oxygen atoms in total. The predicted molar refractivity (Wildman–Crippen MR) is 83.9 cm³/mol. The molecule has 3 rings (SSSR count). The highest BCUT2D eigenvalue weighted by Gasteiger charge is 2.42. The average molecular weight is 305 g/mol. The number of nitrogens with zero attached hydrogens (tertiary/aromatic N) is 3. The second-order valence-corrected chi connectivity index (χ2v) is 6.57. The van der Waals surface area contributed by atoms with Gasteiger partial charge in [-0.05, 0) is 30.5 Å². The standard InChI is InChI=1S/C17H24FN3O/c1-19(2)17(22)12-21-10-8-15-16(21)7-9-20(15)11-13-3-5-14(18)6-4-13/h3-6,15-16H,7-12H2,1-2H3/t15-,16+/m1/s1. The van der Waals surface area contributed by atoms with Crippen LogP contribution in [0, 0.1) is 5.82 Å². The van der Waals surface area contributed by atoms with Gasteiger partial charge in [0.25, 0.3) is 0 Å². The van der Waals surface area contributed by atoms with Crippen LogP contribution in [0.4, 0.5) is 4.39 Å². The zero-order chi connectivity index (χ0) is 15.7. The van der Waals surface area contributed by atoms with Crippen molar-refractivity contribution in [1.29, 1.82) is 0 Å². The van der Waals surface area contributed by atoms with Crippen molar-refractivity contribution in [2.24, 2.45) is 0 Å². The van der Waals surface area contributed by atoms with E-state index in [1.165, 1.54) is 12.1 Å². The number of hydrogen-bond donors (Lipinski definition) is 0. The van der Waals surface area contributed by atoms with Gasteiger partial charge in [0.2, 0.25) is 5.91 Å². The van der Waals surface area contributed by atoms with Gasteiger partial charge in [0.05, 0.1) is 6.54 Å². The molecule has 0 bridgehead atoms. The van der Waals surface area contributed by atoms with Gasteiger partial charge in [0, 0.05) is 45.8 Å². The van der Waals surface area contributed by atoms with E-state index in [1.54, 1.807) is 4.90 Å². The summed E-state index contributed by atoms with van der Waals surface area (Å²) in [5, 5.41) is 0. The summed E-state index contributed by atoms with van der Waals surface area (Å²) < 4.78 is 13.0. The zero-order valence-corrected chi connectivity index (χ0v) is 13.3. The van der Waals surface area contributed by atoms with Crippen LogP contribution >= 0.6 is 0 Å². The third-order valence-corrected chi connectivity index (χ3v) is 4.94. The first-order valence-electron chi connectivity index (χ1n) is 7.97. The van der Waals surface area contributed by atoms with Crippen LogP contribution in [0.3, 0.4) is 0 Å². The number of amides is 1. The van der Waals surface area contributed by atoms with Crippen LogP contribution in [0.5, 0.6) is 0 Å². The van der Waals surface area contributed by atoms with Gasteiger partial charge in [-0.2, -0.15) is 0 Å². The predicted octanol–water partition coefficient (Wildman–Crippen LogP) is 1.56. The van der Waals surface area contributed by atoms with Crippen molar-refractivity contribution in [1.82, 2.24) is 14.7 Å². The topological polar surface area (TPSA) is 26.8 Å². The Labute approximate surface area is 131 Å². The van der Waals surface area contributed by atoms with Crippen LogP contribution < -0.4 is 0 Å². The number of halogens is 1. The van der Waals surface area contributed by atoms with Crippen LogP contribution in [0.1, 0.15) is 18.4 Å². The molecule has 0 N–H and O–H groups in total. The van der Waals surface area contributed by atoms with Crippen LogP contribution in [-0.2, 0) is 11.3 Å². The number of fused-ring (bicyclic) bond motifs is 1. The van der Waals surface area contributed by atoms with E-state index in [0.29, 0.717) is 18.6 Å². The highest BCUT2D eigenvalue weighted by atomic mass is 19.1. The Kier molecular flexibility index (Phi) is 4.45. The zero-order valence-electron chi connectivity index (χ0n) is 13.3. The summed E-state index contributed by atoms with van der Waals surface area (Å²) in [4.78, 5) is 18.4. The first kappa shape index (κ1) is 15.4. The number of carbonyl (C=O) groups excluding carboxylic acids is 1. The molecule has 0 saturated carbocycles. The molecule has 2 fully saturated rings. The van der Waals surface area contributed by atoms with Gasteiger partial charge in [-0.1, -0.05) is 12.1 Å². The number of likely N-dealkylation sites (tertiary alicyclic amines) is 2. The summed E-state index contributed by atoms with van der Waals surface area (Å²) in [6.45, 7) is 3.45. The van der Waals surface area contributed by atoms with E-state index < -0.39 is 0 Å². The summed E-state index contributed by atoms with van der Waals surface area (Å²) in [5.74, 6) is -0.00470. The maximum atomic E-state index is 13.0. The van der Waals surface area contributed by atoms with E-state index in [1.807, 2.05) is 26.2 Å². The van der Waals surface area contributed by atoms with Gasteiger partial charge in [-0.3, -0.25) is 14.6 Å². The minimum absolute atomic E-state index is 0.178. The number of carbonyl (C=O) groups is 1. The smallest absolute Gasteiger partial charge is 0.236 e. The molecule has 0 spiro atoms. The van der Waals surface area contributed by atoms with Gasteiger partial charge in [-0.15, -0.1) is 0 Å². The first-order chi connectivity index (χ1) is 10.5. The van der Waals surface area contributed by atoms with Crippen molar-refractivity contribution < 1.29 is 9.18 Å². The van der Waals surface area contributed by atoms with E-state index in [-0.39, 0.29) is 11.7 Å². The van der Waals surface area contributed by atoms with Crippen molar-refractivity contribution >= 4 is 5.91 Å². The fourth-order valence-corrected chi connectivity index (χ4v) is 3.70. The van der Waals surface area contributed by atoms with Crippen molar-refractivity contribution in [3.05, 3.63) is 35.6 Å². The summed E-state index contributed by atoms with van der Waals surface area (Å²) in [6, 6.07) is 7.80. The summed E-state index contributed by atoms with van der Waals surface area (Å²) in [6.07, 6.45) is 2.24. The Morgan fingerprint density at radius 2 is 1.73 bits per heavy atom. The van der Waals surface area contributed by atoms with Gasteiger partial charge in [0.1, 0.15) is 5.82 Å². The molecular formula is C17H24FN3O. The van der Waals surface area contributed by atoms with Crippen molar-refractivity contribution in [2.75, 3.05) is 33.7 Å². The minimum Gasteiger partial charge on any atom is -0.348 e. The molecule has 2 aliphatic rings. The van der Waals surface area contributed by atoms with Crippen molar-refractivity contribution in [2.45, 2.75) is 31.5 Å². The van der Waals surface area contributed by atoms with Gasteiger partial charge < -0.3 is 4.90 Å². The second-order valence-electron chi connectivity index (χ2n) is 6.57. The fourth-order valence-electron chi connectivity index (χ4n) is 3.70. The number of likely N-dealkylation sites (N-methyl/N-ethyl adjacent to an activating group) is 1. The molecule has 22 heavy (non-hydrogen) atoms. The first-order valence-corrected chi connectivity index (χ1v) is 7.97. The average Bonchev–Trinajstić information content (AvgIpc) is 3.05. The van der Waals surface area contributed by atoms with Gasteiger partial charge >= 0.3 is 0 Å². The van der Waals surface area contributed by atoms with Gasteiger partial charge in [-0.25, -0.2) is 4.39 Å². The summed E-state index contributed by atoms with van der Waals surface area (Å²) >= 11 is 0. The second kappa shape index (κ2) is 6.34. The largest absolute Gasteiger partial charge is 0.348 e. The third-order valence-electron chi connectivity index (χ3n) is 4.94. The monoisotopic (exact) mass is 305 g/mol. The summed E-state index contributed by atoms with van der Waals surface area (Å²) in [7, 11) is 3.62. The lowest BCUT2D eigenvalue weighted by Gasteiger charge is -2.26. The molecule has 0 radical (unpaired) electrons. The Morgan fingerprint density at radius 1 is 1.14 bits per heavy atom. The molecule has 5 heteroatoms. The lowest BCUT2D eigenvalue weighted by molar-refractivity contribution is -0.130. The molecular weight excluding hydrogens is 281 g/mol. The van der Waals surface area contributed by atoms with E-state index in [0.717, 1.165) is 38.0 Å². The van der Waals surface area contributed by atoms with E-state index in [4.69, 9.17) is 0 Å². The van der Waals surface area contributed by atoms with Crippen LogP contribution in [-0.4, -0.2) is 66.4 Å². The lowest BCUT2D eigenvalue weighted by Crippen LogP contribution is -2.41. The van der Waals surface area contributed by atoms with Crippen LogP contribution in [0.25, 0.3) is 0 Å².